The Morgan fingerprint density at radius 3 is 2.29 bits per heavy atom. The lowest BCUT2D eigenvalue weighted by atomic mass is 9.56. The van der Waals surface area contributed by atoms with Crippen molar-refractivity contribution in [3.8, 4) is 0 Å². The zero-order valence-corrected chi connectivity index (χ0v) is 39.5. The molecule has 2 aliphatic carbocycles. The van der Waals surface area contributed by atoms with Gasteiger partial charge in [-0.3, -0.25) is 14.4 Å². The fourth-order valence-corrected chi connectivity index (χ4v) is 16.5. The number of sulfonamides is 2. The first-order valence-corrected chi connectivity index (χ1v) is 26.2. The van der Waals surface area contributed by atoms with Gasteiger partial charge in [-0.1, -0.05) is 71.6 Å². The molecule has 9 unspecified atom stereocenters. The summed E-state index contributed by atoms with van der Waals surface area (Å²) < 4.78 is 73.9. The van der Waals surface area contributed by atoms with Crippen LogP contribution in [0.25, 0.3) is 0 Å². The molecule has 2 saturated carbocycles. The summed E-state index contributed by atoms with van der Waals surface area (Å²) in [6.07, 6.45) is 6.66. The van der Waals surface area contributed by atoms with E-state index in [4.69, 9.17) is 21.1 Å². The number of para-hydroxylation sites is 1. The smallest absolute Gasteiger partial charge is 0.418 e. The summed E-state index contributed by atoms with van der Waals surface area (Å²) in [7, 11) is -8.04. The zero-order valence-electron chi connectivity index (χ0n) is 37.1. The average Bonchev–Trinajstić information content (AvgIpc) is 3.82. The first kappa shape index (κ1) is 47.1. The highest BCUT2D eigenvalue weighted by atomic mass is 35.5. The van der Waals surface area contributed by atoms with Crippen LogP contribution in [-0.2, 0) is 50.3 Å². The van der Waals surface area contributed by atoms with Crippen molar-refractivity contribution in [2.24, 2.45) is 10.8 Å². The number of benzene rings is 1. The third-order valence-corrected chi connectivity index (χ3v) is 20.7. The Hall–Kier alpha value is -2.83. The monoisotopic (exact) mass is 923 g/mol. The molecule has 346 valence electrons. The number of amides is 4. The van der Waals surface area contributed by atoms with E-state index in [1.807, 2.05) is 19.1 Å². The number of alkyl halides is 1. The van der Waals surface area contributed by atoms with E-state index in [1.54, 1.807) is 12.1 Å². The first-order valence-electron chi connectivity index (χ1n) is 22.8. The number of rotatable bonds is 15. The summed E-state index contributed by atoms with van der Waals surface area (Å²) in [5.74, 6) is -2.57. The Morgan fingerprint density at radius 2 is 1.68 bits per heavy atom. The van der Waals surface area contributed by atoms with Crippen LogP contribution in [-0.4, -0.2) is 110 Å². The zero-order chi connectivity index (χ0) is 45.1. The SMILES string of the molecule is CCCCC1(CC)COC12CCC(S(=O)(=O)NC1CC3(CCC1Cl)C(CC)(CCCC)CNS3(=O)=O)CC2NC(=O)C(C(=O)N1CCc2ccccc21)N1C(=O)OC(C)(C)C1=O. The minimum atomic E-state index is -4.23. The van der Waals surface area contributed by atoms with Crippen LogP contribution in [0.3, 0.4) is 0 Å². The van der Waals surface area contributed by atoms with Crippen molar-refractivity contribution in [2.75, 3.05) is 24.6 Å². The van der Waals surface area contributed by atoms with Crippen molar-refractivity contribution in [3.63, 3.8) is 0 Å². The van der Waals surface area contributed by atoms with Gasteiger partial charge in [0.15, 0.2) is 5.60 Å². The summed E-state index contributed by atoms with van der Waals surface area (Å²) in [5.41, 5.74) is -2.21. The Labute approximate surface area is 372 Å². The highest BCUT2D eigenvalue weighted by molar-refractivity contribution is 7.91. The molecule has 1 aromatic carbocycles. The second-order valence-electron chi connectivity index (χ2n) is 19.3. The maximum atomic E-state index is 15.0. The molecule has 0 aromatic heterocycles. The van der Waals surface area contributed by atoms with E-state index < -0.39 is 99.4 Å². The van der Waals surface area contributed by atoms with Gasteiger partial charge in [0.2, 0.25) is 26.1 Å². The summed E-state index contributed by atoms with van der Waals surface area (Å²) in [6, 6.07) is 3.46. The number of nitrogens with one attached hydrogen (secondary N) is 3. The maximum Gasteiger partial charge on any atom is 0.418 e. The standard InChI is InChI=1S/C44H66ClN5O10S2/c1-7-11-20-41(9-3)27-46-62(57,58)43(41)22-18-31(45)32(26-43)48-61(55,56)30-17-23-44(42(10-4,28-59-44)21-12-8-2)34(25-30)47-36(51)35(50-38(53)40(5,6)60-39(50)54)37(52)49-24-19-29-15-13-14-16-33(29)49/h13-16,30-32,34-35,46,48H,7-12,17-28H2,1-6H3,(H,47,51). The highest BCUT2D eigenvalue weighted by Crippen LogP contribution is 2.59. The van der Waals surface area contributed by atoms with Crippen molar-refractivity contribution < 1.29 is 45.5 Å². The molecule has 3 saturated heterocycles. The molecule has 9 atom stereocenters. The molecule has 7 rings (SSSR count). The number of fused-ring (bicyclic) bond motifs is 1. The number of carbonyl (C=O) groups excluding carboxylic acids is 4. The maximum absolute atomic E-state index is 15.0. The molecule has 2 spiro atoms. The fourth-order valence-electron chi connectivity index (χ4n) is 12.0. The molecule has 0 bridgehead atoms. The molecule has 3 N–H and O–H groups in total. The topological polar surface area (TPSA) is 198 Å². The van der Waals surface area contributed by atoms with Crippen molar-refractivity contribution in [1.82, 2.24) is 19.7 Å². The lowest BCUT2D eigenvalue weighted by Crippen LogP contribution is -2.75. The minimum absolute atomic E-state index is 0.0307. The van der Waals surface area contributed by atoms with Gasteiger partial charge in [-0.05, 0) is 96.1 Å². The first-order chi connectivity index (χ1) is 29.2. The number of anilines is 1. The lowest BCUT2D eigenvalue weighted by molar-refractivity contribution is -0.295. The number of halogens is 1. The van der Waals surface area contributed by atoms with E-state index in [0.29, 0.717) is 62.3 Å². The van der Waals surface area contributed by atoms with Crippen molar-refractivity contribution in [1.29, 1.82) is 0 Å². The second kappa shape index (κ2) is 17.2. The number of unbranched alkanes of at least 4 members (excludes halogenated alkanes) is 2. The molecule has 4 aliphatic heterocycles. The van der Waals surface area contributed by atoms with Gasteiger partial charge in [0.05, 0.1) is 33.6 Å². The van der Waals surface area contributed by atoms with Gasteiger partial charge in [-0.15, -0.1) is 11.6 Å². The van der Waals surface area contributed by atoms with Crippen LogP contribution < -0.4 is 19.7 Å². The number of hydrogen-bond donors (Lipinski definition) is 3. The number of nitrogens with zero attached hydrogens (tertiary/aromatic N) is 2. The molecule has 1 aromatic rings. The van der Waals surface area contributed by atoms with Crippen molar-refractivity contribution in [3.05, 3.63) is 29.8 Å². The third kappa shape index (κ3) is 7.49. The van der Waals surface area contributed by atoms with E-state index in [2.05, 4.69) is 35.5 Å². The van der Waals surface area contributed by atoms with Crippen LogP contribution in [0.15, 0.2) is 24.3 Å². The van der Waals surface area contributed by atoms with Crippen LogP contribution in [0.5, 0.6) is 0 Å². The van der Waals surface area contributed by atoms with E-state index in [9.17, 15) is 36.0 Å². The van der Waals surface area contributed by atoms with Gasteiger partial charge < -0.3 is 19.7 Å². The molecular formula is C44H66ClN5O10S2. The van der Waals surface area contributed by atoms with Gasteiger partial charge in [0.1, 0.15) is 0 Å². The molecule has 0 radical (unpaired) electrons. The molecule has 15 nitrogen and oxygen atoms in total. The molecule has 18 heteroatoms. The van der Waals surface area contributed by atoms with Crippen LogP contribution in [0.2, 0.25) is 0 Å². The Kier molecular flexibility index (Phi) is 13.1. The molecular weight excluding hydrogens is 858 g/mol. The number of cyclic esters (lactones) is 1. The van der Waals surface area contributed by atoms with Gasteiger partial charge >= 0.3 is 6.09 Å². The summed E-state index contributed by atoms with van der Waals surface area (Å²) in [6.45, 7) is 11.9. The number of ether oxygens (including phenoxy) is 2. The Balaban J connectivity index is 1.21. The van der Waals surface area contributed by atoms with Crippen LogP contribution in [0.4, 0.5) is 10.5 Å². The second-order valence-corrected chi connectivity index (χ2v) is 23.9. The largest absolute Gasteiger partial charge is 0.433 e. The summed E-state index contributed by atoms with van der Waals surface area (Å²) in [4.78, 5) is 58.9. The van der Waals surface area contributed by atoms with Crippen LogP contribution in [0, 0.1) is 10.8 Å². The molecule has 4 heterocycles. The fraction of sp³-hybridized carbons (Fsp3) is 0.773. The van der Waals surface area contributed by atoms with E-state index in [-0.39, 0.29) is 32.2 Å². The van der Waals surface area contributed by atoms with E-state index >= 15 is 0 Å². The van der Waals surface area contributed by atoms with Crippen LogP contribution >= 0.6 is 11.6 Å². The average molecular weight is 925 g/mol. The highest BCUT2D eigenvalue weighted by Gasteiger charge is 2.68. The van der Waals surface area contributed by atoms with Gasteiger partial charge in [-0.2, -0.15) is 0 Å². The third-order valence-electron chi connectivity index (χ3n) is 15.9. The van der Waals surface area contributed by atoms with Crippen LogP contribution in [0.1, 0.15) is 137 Å². The van der Waals surface area contributed by atoms with Gasteiger partial charge in [0.25, 0.3) is 17.7 Å². The molecule has 5 fully saturated rings. The van der Waals surface area contributed by atoms with Gasteiger partial charge in [-0.25, -0.2) is 36.0 Å². The predicted octanol–water partition coefficient (Wildman–Crippen LogP) is 5.43. The quantitative estimate of drug-likeness (QED) is 0.151. The van der Waals surface area contributed by atoms with E-state index in [1.165, 1.54) is 18.7 Å². The minimum Gasteiger partial charge on any atom is -0.433 e. The molecule has 4 amide bonds. The Morgan fingerprint density at radius 1 is 1.00 bits per heavy atom. The number of imide groups is 1. The lowest BCUT2D eigenvalue weighted by Gasteiger charge is -2.64. The number of carbonyl (C=O) groups is 4. The summed E-state index contributed by atoms with van der Waals surface area (Å²) in [5, 5.41) is 1.32. The van der Waals surface area contributed by atoms with Crippen molar-refractivity contribution in [2.45, 2.75) is 183 Å². The normalized spacial score (nSPS) is 35.5. The molecule has 62 heavy (non-hydrogen) atoms. The van der Waals surface area contributed by atoms with E-state index in [0.717, 1.165) is 37.7 Å². The Bertz CT molecular complexity index is 2150. The summed E-state index contributed by atoms with van der Waals surface area (Å²) >= 11 is 6.93. The van der Waals surface area contributed by atoms with Gasteiger partial charge in [0, 0.05) is 35.6 Å². The molecule has 6 aliphatic rings. The number of hydrogen-bond acceptors (Lipinski definition) is 10. The van der Waals surface area contributed by atoms with Crippen molar-refractivity contribution >= 4 is 61.1 Å². The predicted molar refractivity (Wildman–Crippen MR) is 235 cm³/mol.